The van der Waals surface area contributed by atoms with Crippen molar-refractivity contribution in [2.45, 2.75) is 46.0 Å². The summed E-state index contributed by atoms with van der Waals surface area (Å²) in [6, 6.07) is 1.86. The van der Waals surface area contributed by atoms with Crippen LogP contribution < -0.4 is 0 Å². The Labute approximate surface area is 79.4 Å². The lowest BCUT2D eigenvalue weighted by molar-refractivity contribution is -0.145. The van der Waals surface area contributed by atoms with Gasteiger partial charge in [0.25, 0.3) is 0 Å². The standard InChI is InChI=1S/C10H17NO2/c1-3-4-5-6-7-10(2,8-11)9(12)13/h3-7H2,1-2H3,(H,12,13)/t10-/m0/s1. The molecule has 3 heteroatoms. The Balaban J connectivity index is 3.87. The molecule has 0 saturated heterocycles. The van der Waals surface area contributed by atoms with Crippen LogP contribution in [-0.2, 0) is 4.79 Å². The van der Waals surface area contributed by atoms with E-state index in [2.05, 4.69) is 6.92 Å². The first-order valence-electron chi connectivity index (χ1n) is 4.71. The molecule has 0 radical (unpaired) electrons. The Morgan fingerprint density at radius 1 is 1.46 bits per heavy atom. The molecular weight excluding hydrogens is 166 g/mol. The average molecular weight is 183 g/mol. The van der Waals surface area contributed by atoms with E-state index in [1.807, 2.05) is 6.07 Å². The van der Waals surface area contributed by atoms with Crippen LogP contribution in [0.4, 0.5) is 0 Å². The third-order valence-electron chi connectivity index (χ3n) is 2.25. The minimum absolute atomic E-state index is 0.457. The number of hydrogen-bond donors (Lipinski definition) is 1. The maximum atomic E-state index is 10.7. The molecule has 3 nitrogen and oxygen atoms in total. The van der Waals surface area contributed by atoms with Crippen molar-refractivity contribution in [1.29, 1.82) is 5.26 Å². The number of carboxylic acid groups (broad SMARTS) is 1. The number of nitrogens with zero attached hydrogens (tertiary/aromatic N) is 1. The van der Waals surface area contributed by atoms with Gasteiger partial charge in [0.2, 0.25) is 0 Å². The first kappa shape index (κ1) is 12.0. The van der Waals surface area contributed by atoms with E-state index in [1.54, 1.807) is 0 Å². The predicted molar refractivity (Wildman–Crippen MR) is 50.1 cm³/mol. The van der Waals surface area contributed by atoms with Gasteiger partial charge in [-0.25, -0.2) is 0 Å². The number of carbonyl (C=O) groups is 1. The van der Waals surface area contributed by atoms with E-state index in [0.29, 0.717) is 6.42 Å². The first-order chi connectivity index (χ1) is 6.06. The third kappa shape index (κ3) is 3.93. The SMILES string of the molecule is CCCCCC[C@@](C)(C#N)C(=O)O. The van der Waals surface area contributed by atoms with E-state index in [9.17, 15) is 4.79 Å². The number of rotatable bonds is 6. The van der Waals surface area contributed by atoms with Crippen LogP contribution >= 0.6 is 0 Å². The summed E-state index contributed by atoms with van der Waals surface area (Å²) >= 11 is 0. The third-order valence-corrected chi connectivity index (χ3v) is 2.25. The molecular formula is C10H17NO2. The van der Waals surface area contributed by atoms with Gasteiger partial charge in [0, 0.05) is 0 Å². The van der Waals surface area contributed by atoms with Crippen LogP contribution in [0.25, 0.3) is 0 Å². The van der Waals surface area contributed by atoms with Crippen LogP contribution in [0.2, 0.25) is 0 Å². The van der Waals surface area contributed by atoms with E-state index in [0.717, 1.165) is 25.7 Å². The molecule has 0 aliphatic carbocycles. The lowest BCUT2D eigenvalue weighted by Crippen LogP contribution is -2.25. The highest BCUT2D eigenvalue weighted by Gasteiger charge is 2.32. The maximum absolute atomic E-state index is 10.7. The number of nitriles is 1. The molecule has 1 N–H and O–H groups in total. The van der Waals surface area contributed by atoms with Crippen LogP contribution in [0.15, 0.2) is 0 Å². The summed E-state index contributed by atoms with van der Waals surface area (Å²) in [4.78, 5) is 10.7. The number of hydrogen-bond acceptors (Lipinski definition) is 2. The van der Waals surface area contributed by atoms with Gasteiger partial charge in [0.05, 0.1) is 6.07 Å². The van der Waals surface area contributed by atoms with Gasteiger partial charge in [-0.2, -0.15) is 5.26 Å². The summed E-state index contributed by atoms with van der Waals surface area (Å²) < 4.78 is 0. The largest absolute Gasteiger partial charge is 0.480 e. The van der Waals surface area contributed by atoms with E-state index >= 15 is 0 Å². The summed E-state index contributed by atoms with van der Waals surface area (Å²) in [5, 5.41) is 17.4. The van der Waals surface area contributed by atoms with Crippen molar-refractivity contribution in [3.05, 3.63) is 0 Å². The summed E-state index contributed by atoms with van der Waals surface area (Å²) in [5.74, 6) is -1.01. The smallest absolute Gasteiger partial charge is 0.323 e. The molecule has 0 aliphatic heterocycles. The molecule has 0 heterocycles. The van der Waals surface area contributed by atoms with Gasteiger partial charge >= 0.3 is 5.97 Å². The molecule has 0 aromatic carbocycles. The fourth-order valence-corrected chi connectivity index (χ4v) is 1.12. The lowest BCUT2D eigenvalue weighted by atomic mass is 9.86. The zero-order valence-electron chi connectivity index (χ0n) is 8.34. The highest BCUT2D eigenvalue weighted by molar-refractivity contribution is 5.77. The zero-order valence-corrected chi connectivity index (χ0v) is 8.34. The Morgan fingerprint density at radius 3 is 2.46 bits per heavy atom. The lowest BCUT2D eigenvalue weighted by Gasteiger charge is -2.14. The summed E-state index contributed by atoms with van der Waals surface area (Å²) in [6.45, 7) is 3.59. The normalized spacial score (nSPS) is 14.5. The molecule has 0 spiro atoms. The Hall–Kier alpha value is -1.04. The molecule has 0 aliphatic rings. The molecule has 0 aromatic heterocycles. The quantitative estimate of drug-likeness (QED) is 0.644. The van der Waals surface area contributed by atoms with Crippen LogP contribution in [0.1, 0.15) is 46.0 Å². The van der Waals surface area contributed by atoms with Crippen LogP contribution in [0.3, 0.4) is 0 Å². The summed E-state index contributed by atoms with van der Waals surface area (Å²) in [5.41, 5.74) is -1.19. The average Bonchev–Trinajstić information content (AvgIpc) is 2.12. The maximum Gasteiger partial charge on any atom is 0.323 e. The second-order valence-electron chi connectivity index (χ2n) is 3.56. The number of aliphatic carboxylic acids is 1. The van der Waals surface area contributed by atoms with Crippen molar-refractivity contribution in [3.8, 4) is 6.07 Å². The monoisotopic (exact) mass is 183 g/mol. The van der Waals surface area contributed by atoms with Gasteiger partial charge in [0.15, 0.2) is 5.41 Å². The van der Waals surface area contributed by atoms with Crippen molar-refractivity contribution in [3.63, 3.8) is 0 Å². The number of carboxylic acids is 1. The minimum atomic E-state index is -1.19. The summed E-state index contributed by atoms with van der Waals surface area (Å²) in [7, 11) is 0. The van der Waals surface area contributed by atoms with Crippen molar-refractivity contribution in [1.82, 2.24) is 0 Å². The molecule has 1 atom stereocenters. The van der Waals surface area contributed by atoms with Gasteiger partial charge in [-0.3, -0.25) is 4.79 Å². The summed E-state index contributed by atoms with van der Waals surface area (Å²) in [6.07, 6.45) is 4.53. The van der Waals surface area contributed by atoms with Crippen molar-refractivity contribution in [2.24, 2.45) is 5.41 Å². The zero-order chi connectivity index (χ0) is 10.3. The van der Waals surface area contributed by atoms with Crippen LogP contribution in [0, 0.1) is 16.7 Å². The van der Waals surface area contributed by atoms with E-state index < -0.39 is 11.4 Å². The molecule has 0 unspecified atom stereocenters. The van der Waals surface area contributed by atoms with Crippen LogP contribution in [0.5, 0.6) is 0 Å². The van der Waals surface area contributed by atoms with E-state index in [-0.39, 0.29) is 0 Å². The van der Waals surface area contributed by atoms with Crippen LogP contribution in [-0.4, -0.2) is 11.1 Å². The Bertz CT molecular complexity index is 207. The fourth-order valence-electron chi connectivity index (χ4n) is 1.12. The van der Waals surface area contributed by atoms with E-state index in [4.69, 9.17) is 10.4 Å². The second kappa shape index (κ2) is 5.58. The van der Waals surface area contributed by atoms with Gasteiger partial charge in [-0.1, -0.05) is 32.6 Å². The van der Waals surface area contributed by atoms with E-state index in [1.165, 1.54) is 6.92 Å². The number of unbranched alkanes of at least 4 members (excludes halogenated alkanes) is 3. The fraction of sp³-hybridized carbons (Fsp3) is 0.800. The van der Waals surface area contributed by atoms with Crippen molar-refractivity contribution in [2.75, 3.05) is 0 Å². The van der Waals surface area contributed by atoms with Gasteiger partial charge in [-0.15, -0.1) is 0 Å². The first-order valence-corrected chi connectivity index (χ1v) is 4.71. The molecule has 0 rings (SSSR count). The molecule has 13 heavy (non-hydrogen) atoms. The molecule has 0 aromatic rings. The highest BCUT2D eigenvalue weighted by atomic mass is 16.4. The highest BCUT2D eigenvalue weighted by Crippen LogP contribution is 2.23. The minimum Gasteiger partial charge on any atom is -0.480 e. The van der Waals surface area contributed by atoms with Gasteiger partial charge in [0.1, 0.15) is 0 Å². The Morgan fingerprint density at radius 2 is 2.08 bits per heavy atom. The van der Waals surface area contributed by atoms with Crippen molar-refractivity contribution >= 4 is 5.97 Å². The topological polar surface area (TPSA) is 61.1 Å². The molecule has 0 fully saturated rings. The van der Waals surface area contributed by atoms with Gasteiger partial charge in [-0.05, 0) is 13.3 Å². The Kier molecular flexibility index (Phi) is 5.13. The molecule has 0 bridgehead atoms. The molecule has 0 amide bonds. The second-order valence-corrected chi connectivity index (χ2v) is 3.56. The molecule has 0 saturated carbocycles. The van der Waals surface area contributed by atoms with Crippen molar-refractivity contribution < 1.29 is 9.90 Å². The van der Waals surface area contributed by atoms with Gasteiger partial charge < -0.3 is 5.11 Å². The molecule has 74 valence electrons. The predicted octanol–water partition coefficient (Wildman–Crippen LogP) is 2.57.